The number of rotatable bonds is 25. The molecule has 0 amide bonds. The van der Waals surface area contributed by atoms with Gasteiger partial charge in [-0.15, -0.1) is 0 Å². The van der Waals surface area contributed by atoms with Crippen molar-refractivity contribution < 1.29 is 18.7 Å². The van der Waals surface area contributed by atoms with Crippen molar-refractivity contribution in [1.82, 2.24) is 0 Å². The summed E-state index contributed by atoms with van der Waals surface area (Å²) in [4.78, 5) is 0. The van der Waals surface area contributed by atoms with Gasteiger partial charge in [0, 0.05) is 6.61 Å². The summed E-state index contributed by atoms with van der Waals surface area (Å²) in [7, 11) is 6.79. The highest BCUT2D eigenvalue weighted by Gasteiger charge is 2.25. The molecule has 1 fully saturated rings. The Morgan fingerprint density at radius 2 is 1.15 bits per heavy atom. The molecule has 0 spiro atoms. The summed E-state index contributed by atoms with van der Waals surface area (Å²) >= 11 is 0. The van der Waals surface area contributed by atoms with E-state index in [0.717, 1.165) is 23.9 Å². The second-order valence-electron chi connectivity index (χ2n) is 11.8. The summed E-state index contributed by atoms with van der Waals surface area (Å²) in [5, 5.41) is 0. The van der Waals surface area contributed by atoms with Crippen molar-refractivity contribution in [2.75, 3.05) is 47.5 Å². The van der Waals surface area contributed by atoms with Crippen molar-refractivity contribution in [1.29, 1.82) is 0 Å². The standard InChI is InChI=1S/C30H62NO3/c1-5-6-7-8-9-10-11-12-13-14-15-16-17-18-21-24-30-33-28-29(34-30)27-32-26-23-20-19-22-25-31(2,3)4/h29-30H,5-28H2,1-4H3/q+1. The van der Waals surface area contributed by atoms with Gasteiger partial charge < -0.3 is 18.7 Å². The van der Waals surface area contributed by atoms with Crippen LogP contribution in [0.15, 0.2) is 0 Å². The van der Waals surface area contributed by atoms with Crippen LogP contribution in [0.3, 0.4) is 0 Å². The van der Waals surface area contributed by atoms with E-state index < -0.39 is 0 Å². The van der Waals surface area contributed by atoms with Gasteiger partial charge in [-0.25, -0.2) is 0 Å². The molecule has 1 aliphatic heterocycles. The van der Waals surface area contributed by atoms with E-state index in [1.54, 1.807) is 0 Å². The minimum atomic E-state index is 0.00564. The van der Waals surface area contributed by atoms with E-state index in [1.165, 1.54) is 122 Å². The molecule has 0 saturated carbocycles. The third kappa shape index (κ3) is 21.1. The van der Waals surface area contributed by atoms with Gasteiger partial charge in [-0.2, -0.15) is 0 Å². The van der Waals surface area contributed by atoms with Gasteiger partial charge in [-0.1, -0.05) is 103 Å². The smallest absolute Gasteiger partial charge is 0.158 e. The van der Waals surface area contributed by atoms with Gasteiger partial charge in [-0.3, -0.25) is 0 Å². The van der Waals surface area contributed by atoms with E-state index in [9.17, 15) is 0 Å². The topological polar surface area (TPSA) is 27.7 Å². The van der Waals surface area contributed by atoms with Crippen molar-refractivity contribution in [2.45, 2.75) is 148 Å². The number of ether oxygens (including phenoxy) is 3. The largest absolute Gasteiger partial charge is 0.379 e. The highest BCUT2D eigenvalue weighted by molar-refractivity contribution is 4.65. The SMILES string of the molecule is CCCCCCCCCCCCCCCCCC1OCC(COCCCCCC[N+](C)(C)C)O1. The van der Waals surface area contributed by atoms with Gasteiger partial charge in [0.1, 0.15) is 6.10 Å². The van der Waals surface area contributed by atoms with Gasteiger partial charge in [-0.05, 0) is 32.1 Å². The second-order valence-corrected chi connectivity index (χ2v) is 11.8. The van der Waals surface area contributed by atoms with Crippen molar-refractivity contribution in [3.8, 4) is 0 Å². The van der Waals surface area contributed by atoms with Crippen LogP contribution < -0.4 is 0 Å². The summed E-state index contributed by atoms with van der Waals surface area (Å²) in [6.07, 6.45) is 27.3. The van der Waals surface area contributed by atoms with Gasteiger partial charge in [0.25, 0.3) is 0 Å². The average Bonchev–Trinajstić information content (AvgIpc) is 3.25. The van der Waals surface area contributed by atoms with Crippen molar-refractivity contribution in [3.63, 3.8) is 0 Å². The first-order valence-electron chi connectivity index (χ1n) is 15.2. The van der Waals surface area contributed by atoms with Crippen molar-refractivity contribution >= 4 is 0 Å². The lowest BCUT2D eigenvalue weighted by molar-refractivity contribution is -0.870. The molecule has 0 aromatic carbocycles. The van der Waals surface area contributed by atoms with Gasteiger partial charge in [0.2, 0.25) is 0 Å². The average molecular weight is 485 g/mol. The van der Waals surface area contributed by atoms with Crippen LogP contribution in [0.4, 0.5) is 0 Å². The number of nitrogens with zero attached hydrogens (tertiary/aromatic N) is 1. The maximum absolute atomic E-state index is 6.01. The molecule has 0 aromatic heterocycles. The normalized spacial score (nSPS) is 18.7. The molecule has 4 nitrogen and oxygen atoms in total. The first-order valence-corrected chi connectivity index (χ1v) is 15.2. The third-order valence-electron chi connectivity index (χ3n) is 7.03. The highest BCUT2D eigenvalue weighted by Crippen LogP contribution is 2.19. The maximum atomic E-state index is 6.01. The van der Waals surface area contributed by atoms with E-state index in [-0.39, 0.29) is 12.4 Å². The predicted octanol–water partition coefficient (Wildman–Crippen LogP) is 8.27. The second kappa shape index (κ2) is 22.1. The van der Waals surface area contributed by atoms with Crippen LogP contribution in [0.1, 0.15) is 135 Å². The zero-order chi connectivity index (χ0) is 24.7. The van der Waals surface area contributed by atoms with Gasteiger partial charge in [0.15, 0.2) is 6.29 Å². The lowest BCUT2D eigenvalue weighted by Gasteiger charge is -2.23. The zero-order valence-corrected chi connectivity index (χ0v) is 23.8. The Hall–Kier alpha value is -0.160. The van der Waals surface area contributed by atoms with Crippen LogP contribution in [0.25, 0.3) is 0 Å². The zero-order valence-electron chi connectivity index (χ0n) is 23.8. The molecule has 1 saturated heterocycles. The fourth-order valence-corrected chi connectivity index (χ4v) is 4.79. The fraction of sp³-hybridized carbons (Fsp3) is 1.00. The fourth-order valence-electron chi connectivity index (χ4n) is 4.79. The van der Waals surface area contributed by atoms with E-state index in [0.29, 0.717) is 13.2 Å². The first-order chi connectivity index (χ1) is 16.5. The predicted molar refractivity (Wildman–Crippen MR) is 146 cm³/mol. The number of quaternary nitrogens is 1. The molecule has 2 atom stereocenters. The van der Waals surface area contributed by atoms with E-state index in [4.69, 9.17) is 14.2 Å². The molecule has 1 heterocycles. The Balaban J connectivity index is 1.77. The minimum absolute atomic E-state index is 0.00564. The molecule has 1 rings (SSSR count). The minimum Gasteiger partial charge on any atom is -0.379 e. The van der Waals surface area contributed by atoms with Crippen LogP contribution in [0.2, 0.25) is 0 Å². The lowest BCUT2D eigenvalue weighted by Crippen LogP contribution is -2.35. The Bertz CT molecular complexity index is 424. The highest BCUT2D eigenvalue weighted by atomic mass is 16.7. The quantitative estimate of drug-likeness (QED) is 0.0963. The Kier molecular flexibility index (Phi) is 20.7. The Morgan fingerprint density at radius 3 is 1.71 bits per heavy atom. The summed E-state index contributed by atoms with van der Waals surface area (Å²) in [6.45, 7) is 5.80. The molecule has 1 aliphatic rings. The molecule has 0 N–H and O–H groups in total. The first kappa shape index (κ1) is 31.9. The molecule has 2 unspecified atom stereocenters. The summed E-state index contributed by atoms with van der Waals surface area (Å²) in [6, 6.07) is 0. The van der Waals surface area contributed by atoms with E-state index in [1.807, 2.05) is 0 Å². The maximum Gasteiger partial charge on any atom is 0.158 e. The molecule has 0 aliphatic carbocycles. The number of hydrogen-bond donors (Lipinski definition) is 0. The molecule has 0 bridgehead atoms. The lowest BCUT2D eigenvalue weighted by atomic mass is 10.0. The third-order valence-corrected chi connectivity index (χ3v) is 7.03. The Morgan fingerprint density at radius 1 is 0.647 bits per heavy atom. The van der Waals surface area contributed by atoms with Gasteiger partial charge >= 0.3 is 0 Å². The molecule has 204 valence electrons. The molecular weight excluding hydrogens is 422 g/mol. The monoisotopic (exact) mass is 484 g/mol. The van der Waals surface area contributed by atoms with Crippen molar-refractivity contribution in [3.05, 3.63) is 0 Å². The van der Waals surface area contributed by atoms with Crippen LogP contribution in [0.5, 0.6) is 0 Å². The summed E-state index contributed by atoms with van der Waals surface area (Å²) < 4.78 is 18.7. The molecular formula is C30H62NO3+. The molecule has 0 radical (unpaired) electrons. The van der Waals surface area contributed by atoms with Crippen molar-refractivity contribution in [2.24, 2.45) is 0 Å². The van der Waals surface area contributed by atoms with Gasteiger partial charge in [0.05, 0.1) is 40.9 Å². The van der Waals surface area contributed by atoms with E-state index in [2.05, 4.69) is 28.1 Å². The molecule has 0 aromatic rings. The number of unbranched alkanes of at least 4 members (excludes halogenated alkanes) is 17. The molecule has 34 heavy (non-hydrogen) atoms. The summed E-state index contributed by atoms with van der Waals surface area (Å²) in [5.41, 5.74) is 0. The van der Waals surface area contributed by atoms with Crippen LogP contribution >= 0.6 is 0 Å². The van der Waals surface area contributed by atoms with Crippen LogP contribution in [-0.2, 0) is 14.2 Å². The van der Waals surface area contributed by atoms with Crippen LogP contribution in [-0.4, -0.2) is 64.4 Å². The van der Waals surface area contributed by atoms with E-state index >= 15 is 0 Å². The number of hydrogen-bond acceptors (Lipinski definition) is 3. The Labute approximate surface area is 214 Å². The van der Waals surface area contributed by atoms with Crippen LogP contribution in [0, 0.1) is 0 Å². The summed E-state index contributed by atoms with van der Waals surface area (Å²) in [5.74, 6) is 0. The molecule has 4 heteroatoms.